The maximum Gasteiger partial charge on any atom is 0.332 e. The van der Waals surface area contributed by atoms with E-state index in [2.05, 4.69) is 10.6 Å². The van der Waals surface area contributed by atoms with E-state index in [0.29, 0.717) is 30.8 Å². The van der Waals surface area contributed by atoms with Gasteiger partial charge in [-0.3, -0.25) is 4.79 Å². The summed E-state index contributed by atoms with van der Waals surface area (Å²) in [5.74, 6) is -0.233. The van der Waals surface area contributed by atoms with E-state index < -0.39 is 6.04 Å². The zero-order chi connectivity index (χ0) is 22.0. The lowest BCUT2D eigenvalue weighted by Crippen LogP contribution is -2.50. The molecule has 162 valence electrons. The highest BCUT2D eigenvalue weighted by atomic mass is 32.2. The third-order valence-corrected chi connectivity index (χ3v) is 6.97. The van der Waals surface area contributed by atoms with Crippen molar-refractivity contribution in [3.8, 4) is 0 Å². The SMILES string of the molecule is CSc1cccc(NC(=O)N[C@@H]2CCN3C(=O)N(c4cccc(SC)c4)C(=O)[C@@H]3C2)c1. The molecule has 0 radical (unpaired) electrons. The van der Waals surface area contributed by atoms with Crippen molar-refractivity contribution in [2.24, 2.45) is 0 Å². The Morgan fingerprint density at radius 3 is 2.48 bits per heavy atom. The molecular weight excluding hydrogens is 432 g/mol. The Bertz CT molecular complexity index is 1020. The smallest absolute Gasteiger partial charge is 0.332 e. The molecule has 7 nitrogen and oxygen atoms in total. The highest BCUT2D eigenvalue weighted by Gasteiger charge is 2.48. The Morgan fingerprint density at radius 2 is 1.74 bits per heavy atom. The maximum atomic E-state index is 13.1. The van der Waals surface area contributed by atoms with Gasteiger partial charge in [0, 0.05) is 28.1 Å². The number of nitrogens with zero attached hydrogens (tertiary/aromatic N) is 2. The van der Waals surface area contributed by atoms with Crippen molar-refractivity contribution in [2.75, 3.05) is 29.3 Å². The number of carbonyl (C=O) groups excluding carboxylic acids is 3. The van der Waals surface area contributed by atoms with Gasteiger partial charge in [-0.05, 0) is 61.8 Å². The predicted molar refractivity (Wildman–Crippen MR) is 125 cm³/mol. The first-order valence-electron chi connectivity index (χ1n) is 10.0. The van der Waals surface area contributed by atoms with Crippen molar-refractivity contribution in [3.05, 3.63) is 48.5 Å². The van der Waals surface area contributed by atoms with Gasteiger partial charge in [0.25, 0.3) is 5.91 Å². The monoisotopic (exact) mass is 456 g/mol. The second kappa shape index (κ2) is 9.23. The highest BCUT2D eigenvalue weighted by Crippen LogP contribution is 2.32. The third-order valence-electron chi connectivity index (χ3n) is 5.52. The molecule has 0 aliphatic carbocycles. The second-order valence-corrected chi connectivity index (χ2v) is 9.18. The molecule has 2 aliphatic rings. The largest absolute Gasteiger partial charge is 0.335 e. The van der Waals surface area contributed by atoms with E-state index in [1.807, 2.05) is 55.0 Å². The summed E-state index contributed by atoms with van der Waals surface area (Å²) >= 11 is 3.17. The van der Waals surface area contributed by atoms with Crippen LogP contribution in [0.2, 0.25) is 0 Å². The number of piperidine rings is 1. The fourth-order valence-electron chi connectivity index (χ4n) is 3.97. The number of urea groups is 2. The molecule has 0 unspecified atom stereocenters. The maximum absolute atomic E-state index is 13.1. The molecule has 0 aromatic heterocycles. The minimum absolute atomic E-state index is 0.181. The van der Waals surface area contributed by atoms with Gasteiger partial charge >= 0.3 is 12.1 Å². The molecule has 0 spiro atoms. The summed E-state index contributed by atoms with van der Waals surface area (Å²) in [5, 5.41) is 5.81. The summed E-state index contributed by atoms with van der Waals surface area (Å²) in [6, 6.07) is 13.7. The van der Waals surface area contributed by atoms with E-state index in [-0.39, 0.29) is 24.0 Å². The van der Waals surface area contributed by atoms with Gasteiger partial charge in [-0.1, -0.05) is 12.1 Å². The summed E-state index contributed by atoms with van der Waals surface area (Å²) in [4.78, 5) is 43.4. The molecule has 2 N–H and O–H groups in total. The van der Waals surface area contributed by atoms with E-state index >= 15 is 0 Å². The average molecular weight is 457 g/mol. The lowest BCUT2D eigenvalue weighted by molar-refractivity contribution is -0.120. The molecule has 2 aromatic rings. The zero-order valence-corrected chi connectivity index (χ0v) is 19.0. The molecular formula is C22H24N4O3S2. The van der Waals surface area contributed by atoms with Gasteiger partial charge in [0.2, 0.25) is 0 Å². The van der Waals surface area contributed by atoms with Crippen LogP contribution >= 0.6 is 23.5 Å². The predicted octanol–water partition coefficient (Wildman–Crippen LogP) is 4.25. The molecule has 2 saturated heterocycles. The lowest BCUT2D eigenvalue weighted by atomic mass is 9.98. The summed E-state index contributed by atoms with van der Waals surface area (Å²) in [5.41, 5.74) is 1.31. The number of thioether (sulfide) groups is 2. The van der Waals surface area contributed by atoms with Gasteiger partial charge in [0.1, 0.15) is 6.04 Å². The molecule has 2 aliphatic heterocycles. The Labute approximate surface area is 189 Å². The number of hydrogen-bond donors (Lipinski definition) is 2. The standard InChI is InChI=1S/C22H24N4O3S2/c1-30-17-7-3-5-14(11-17)23-21(28)24-15-9-10-25-19(12-15)20(27)26(22(25)29)16-6-4-8-18(13-16)31-2/h3-8,11,13,15,19H,9-10,12H2,1-2H3,(H2,23,24,28)/t15-,19+/m1/s1. The number of fused-ring (bicyclic) bond motifs is 1. The molecule has 31 heavy (non-hydrogen) atoms. The number of benzene rings is 2. The van der Waals surface area contributed by atoms with Crippen molar-refractivity contribution in [3.63, 3.8) is 0 Å². The number of amides is 5. The number of anilines is 2. The summed E-state index contributed by atoms with van der Waals surface area (Å²) in [7, 11) is 0. The van der Waals surface area contributed by atoms with Crippen LogP contribution in [0.25, 0.3) is 0 Å². The van der Waals surface area contributed by atoms with Gasteiger partial charge < -0.3 is 15.5 Å². The van der Waals surface area contributed by atoms with E-state index in [1.54, 1.807) is 34.5 Å². The van der Waals surface area contributed by atoms with Crippen LogP contribution in [0.4, 0.5) is 21.0 Å². The van der Waals surface area contributed by atoms with Crippen LogP contribution < -0.4 is 15.5 Å². The molecule has 4 rings (SSSR count). The molecule has 0 saturated carbocycles. The van der Waals surface area contributed by atoms with Crippen LogP contribution in [0.15, 0.2) is 58.3 Å². The van der Waals surface area contributed by atoms with Gasteiger partial charge in [-0.15, -0.1) is 23.5 Å². The van der Waals surface area contributed by atoms with Gasteiger partial charge in [0.15, 0.2) is 0 Å². The fourth-order valence-corrected chi connectivity index (χ4v) is 4.88. The fraction of sp³-hybridized carbons (Fsp3) is 0.318. The van der Waals surface area contributed by atoms with Gasteiger partial charge in [0.05, 0.1) is 5.69 Å². The molecule has 2 aromatic carbocycles. The highest BCUT2D eigenvalue weighted by molar-refractivity contribution is 7.98. The summed E-state index contributed by atoms with van der Waals surface area (Å²) in [6.07, 6.45) is 4.94. The Hall–Kier alpha value is -2.65. The number of nitrogens with one attached hydrogen (secondary N) is 2. The van der Waals surface area contributed by atoms with Crippen LogP contribution in [0, 0.1) is 0 Å². The Balaban J connectivity index is 1.41. The molecule has 0 bridgehead atoms. The molecule has 2 heterocycles. The molecule has 5 amide bonds. The van der Waals surface area contributed by atoms with Gasteiger partial charge in [-0.25, -0.2) is 14.5 Å². The van der Waals surface area contributed by atoms with Crippen molar-refractivity contribution in [1.29, 1.82) is 0 Å². The Kier molecular flexibility index (Phi) is 6.43. The first-order valence-corrected chi connectivity index (χ1v) is 12.5. The van der Waals surface area contributed by atoms with Crippen LogP contribution in [0.1, 0.15) is 12.8 Å². The van der Waals surface area contributed by atoms with E-state index in [4.69, 9.17) is 0 Å². The van der Waals surface area contributed by atoms with E-state index in [0.717, 1.165) is 9.79 Å². The van der Waals surface area contributed by atoms with Crippen molar-refractivity contribution in [1.82, 2.24) is 10.2 Å². The van der Waals surface area contributed by atoms with Crippen LogP contribution in [0.5, 0.6) is 0 Å². The second-order valence-electron chi connectivity index (χ2n) is 7.42. The van der Waals surface area contributed by atoms with Crippen LogP contribution in [0.3, 0.4) is 0 Å². The average Bonchev–Trinajstić information content (AvgIpc) is 3.03. The lowest BCUT2D eigenvalue weighted by Gasteiger charge is -2.32. The van der Waals surface area contributed by atoms with Crippen LogP contribution in [-0.2, 0) is 4.79 Å². The first-order chi connectivity index (χ1) is 15.0. The minimum atomic E-state index is -0.552. The van der Waals surface area contributed by atoms with E-state index in [1.165, 1.54) is 4.90 Å². The summed E-state index contributed by atoms with van der Waals surface area (Å²) < 4.78 is 0. The molecule has 2 atom stereocenters. The summed E-state index contributed by atoms with van der Waals surface area (Å²) in [6.45, 7) is 0.431. The van der Waals surface area contributed by atoms with Gasteiger partial charge in [-0.2, -0.15) is 0 Å². The normalized spacial score (nSPS) is 20.6. The van der Waals surface area contributed by atoms with Crippen molar-refractivity contribution < 1.29 is 14.4 Å². The quantitative estimate of drug-likeness (QED) is 0.519. The number of rotatable bonds is 5. The number of carbonyl (C=O) groups is 3. The number of hydrogen-bond acceptors (Lipinski definition) is 5. The minimum Gasteiger partial charge on any atom is -0.335 e. The van der Waals surface area contributed by atoms with E-state index in [9.17, 15) is 14.4 Å². The number of imide groups is 1. The third kappa shape index (κ3) is 4.52. The molecule has 9 heteroatoms. The zero-order valence-electron chi connectivity index (χ0n) is 17.3. The first kappa shape index (κ1) is 21.6. The topological polar surface area (TPSA) is 81.8 Å². The van der Waals surface area contributed by atoms with Crippen molar-refractivity contribution >= 4 is 52.9 Å². The van der Waals surface area contributed by atoms with Crippen molar-refractivity contribution in [2.45, 2.75) is 34.7 Å². The molecule has 2 fully saturated rings. The van der Waals surface area contributed by atoms with Crippen LogP contribution in [-0.4, -0.2) is 54.0 Å². The Morgan fingerprint density at radius 1 is 1.03 bits per heavy atom.